The number of ether oxygens (including phenoxy) is 1. The molecule has 40 heavy (non-hydrogen) atoms. The second-order valence-electron chi connectivity index (χ2n) is 9.79. The highest BCUT2D eigenvalue weighted by atomic mass is 35.5. The summed E-state index contributed by atoms with van der Waals surface area (Å²) in [6.45, 7) is 6.29. The minimum Gasteiger partial charge on any atom is -0.489 e. The smallest absolute Gasteiger partial charge is 0.255 e. The maximum Gasteiger partial charge on any atom is 0.255 e. The highest BCUT2D eigenvalue weighted by Gasteiger charge is 2.28. The van der Waals surface area contributed by atoms with Crippen LogP contribution >= 0.6 is 22.9 Å². The van der Waals surface area contributed by atoms with Crippen LogP contribution in [0.2, 0.25) is 5.02 Å². The number of hydrogen-bond acceptors (Lipinski definition) is 9. The fourth-order valence-electron chi connectivity index (χ4n) is 4.53. The number of carbonyl (C=O) groups is 2. The Balaban J connectivity index is 1.31. The quantitative estimate of drug-likeness (QED) is 0.237. The zero-order valence-corrected chi connectivity index (χ0v) is 24.2. The van der Waals surface area contributed by atoms with Gasteiger partial charge in [0.1, 0.15) is 34.0 Å². The predicted molar refractivity (Wildman–Crippen MR) is 152 cm³/mol. The molecule has 0 radical (unpaired) electrons. The monoisotopic (exact) mass is 591 g/mol. The van der Waals surface area contributed by atoms with Crippen LogP contribution in [0.15, 0.2) is 30.6 Å². The average Bonchev–Trinajstić information content (AvgIpc) is 3.54. The lowest BCUT2D eigenvalue weighted by Crippen LogP contribution is -2.26. The standard InChI is InChI=1S/C28H32ClF2N5O3S/c1-4-19(37)12-24-35-17(3)26(40-24)22(38)11-16(2)18-5-7-20(8-6-18)39-21-9-10-36(14-21)28-25(29)27(33-15-34-28)32-13-23(30)31/h5-8,15-16,21,23H,4,9-14H2,1-3H3,(H,32,33,34)/t16-,21-/m1/s1. The van der Waals surface area contributed by atoms with Gasteiger partial charge in [0.2, 0.25) is 0 Å². The van der Waals surface area contributed by atoms with Crippen LogP contribution in [0.1, 0.15) is 65.0 Å². The number of halogens is 3. The third kappa shape index (κ3) is 7.51. The summed E-state index contributed by atoms with van der Waals surface area (Å²) < 4.78 is 31.3. The molecule has 1 aromatic carbocycles. The molecule has 1 N–H and O–H groups in total. The lowest BCUT2D eigenvalue weighted by atomic mass is 9.95. The summed E-state index contributed by atoms with van der Waals surface area (Å²) in [5, 5.41) is 3.45. The molecule has 2 atom stereocenters. The molecule has 0 amide bonds. The molecule has 0 bridgehead atoms. The molecule has 0 aliphatic carbocycles. The lowest BCUT2D eigenvalue weighted by Gasteiger charge is -2.20. The molecule has 3 aromatic rings. The van der Waals surface area contributed by atoms with Crippen molar-refractivity contribution in [2.45, 2.75) is 64.9 Å². The van der Waals surface area contributed by atoms with E-state index in [1.807, 2.05) is 49.9 Å². The van der Waals surface area contributed by atoms with Gasteiger partial charge >= 0.3 is 0 Å². The predicted octanol–water partition coefficient (Wildman–Crippen LogP) is 6.13. The largest absolute Gasteiger partial charge is 0.489 e. The van der Waals surface area contributed by atoms with Gasteiger partial charge in [0.25, 0.3) is 6.43 Å². The number of thiazole rings is 1. The van der Waals surface area contributed by atoms with Gasteiger partial charge in [-0.15, -0.1) is 11.3 Å². The average molecular weight is 592 g/mol. The summed E-state index contributed by atoms with van der Waals surface area (Å²) >= 11 is 7.70. The van der Waals surface area contributed by atoms with E-state index in [1.165, 1.54) is 17.7 Å². The van der Waals surface area contributed by atoms with E-state index in [9.17, 15) is 18.4 Å². The number of benzene rings is 1. The summed E-state index contributed by atoms with van der Waals surface area (Å²) in [7, 11) is 0. The van der Waals surface area contributed by atoms with Crippen LogP contribution in [-0.2, 0) is 11.2 Å². The van der Waals surface area contributed by atoms with Crippen LogP contribution < -0.4 is 15.0 Å². The van der Waals surface area contributed by atoms with E-state index in [2.05, 4.69) is 20.3 Å². The third-order valence-corrected chi connectivity index (χ3v) is 8.27. The molecule has 214 valence electrons. The van der Waals surface area contributed by atoms with E-state index in [4.69, 9.17) is 16.3 Å². The zero-order valence-electron chi connectivity index (χ0n) is 22.6. The van der Waals surface area contributed by atoms with Crippen molar-refractivity contribution >= 4 is 46.1 Å². The molecule has 0 spiro atoms. The molecule has 0 unspecified atom stereocenters. The van der Waals surface area contributed by atoms with Gasteiger partial charge in [-0.1, -0.05) is 37.6 Å². The Hall–Kier alpha value is -3.18. The second-order valence-corrected chi connectivity index (χ2v) is 11.3. The molecule has 1 fully saturated rings. The van der Waals surface area contributed by atoms with Crippen LogP contribution in [0.5, 0.6) is 5.75 Å². The molecule has 1 aliphatic rings. The number of ketones is 2. The Kier molecular flexibility index (Phi) is 10.0. The summed E-state index contributed by atoms with van der Waals surface area (Å²) in [4.78, 5) is 39.9. The van der Waals surface area contributed by atoms with Crippen LogP contribution in [0.4, 0.5) is 20.4 Å². The Labute approximate surface area is 241 Å². The van der Waals surface area contributed by atoms with E-state index in [-0.39, 0.29) is 40.8 Å². The van der Waals surface area contributed by atoms with E-state index < -0.39 is 13.0 Å². The van der Waals surface area contributed by atoms with Gasteiger partial charge in [0, 0.05) is 25.8 Å². The van der Waals surface area contributed by atoms with Crippen molar-refractivity contribution in [1.82, 2.24) is 15.0 Å². The molecule has 1 saturated heterocycles. The normalized spacial score (nSPS) is 15.9. The molecular formula is C28H32ClF2N5O3S. The van der Waals surface area contributed by atoms with Crippen molar-refractivity contribution in [1.29, 1.82) is 0 Å². The molecule has 8 nitrogen and oxygen atoms in total. The third-order valence-electron chi connectivity index (χ3n) is 6.72. The minimum atomic E-state index is -2.52. The first kappa shape index (κ1) is 29.8. The number of carbonyl (C=O) groups excluding carboxylic acids is 2. The number of nitrogens with one attached hydrogen (secondary N) is 1. The number of Topliss-reactive ketones (excluding diaryl/α,β-unsaturated/α-hetero) is 2. The highest BCUT2D eigenvalue weighted by Crippen LogP contribution is 2.32. The van der Waals surface area contributed by atoms with Gasteiger partial charge in [-0.25, -0.2) is 23.7 Å². The summed E-state index contributed by atoms with van der Waals surface area (Å²) in [6.07, 6.45) is 0.498. The number of hydrogen-bond donors (Lipinski definition) is 1. The second kappa shape index (κ2) is 13.5. The van der Waals surface area contributed by atoms with E-state index in [0.29, 0.717) is 53.1 Å². The number of nitrogens with zero attached hydrogens (tertiary/aromatic N) is 4. The number of anilines is 2. The number of aryl methyl sites for hydroxylation is 1. The molecule has 1 aliphatic heterocycles. The van der Waals surface area contributed by atoms with E-state index >= 15 is 0 Å². The molecule has 0 saturated carbocycles. The van der Waals surface area contributed by atoms with Crippen LogP contribution in [-0.4, -0.2) is 58.7 Å². The van der Waals surface area contributed by atoms with Crippen LogP contribution in [0.3, 0.4) is 0 Å². The molecular weight excluding hydrogens is 560 g/mol. The number of alkyl halides is 2. The van der Waals surface area contributed by atoms with Crippen molar-refractivity contribution in [3.63, 3.8) is 0 Å². The number of aromatic nitrogens is 3. The minimum absolute atomic E-state index is 0.00136. The molecule has 3 heterocycles. The fraction of sp³-hybridized carbons (Fsp3) is 0.464. The fourth-order valence-corrected chi connectivity index (χ4v) is 5.86. The summed E-state index contributed by atoms with van der Waals surface area (Å²) in [5.41, 5.74) is 1.70. The van der Waals surface area contributed by atoms with Crippen molar-refractivity contribution in [2.24, 2.45) is 0 Å². The maximum atomic E-state index is 13.0. The van der Waals surface area contributed by atoms with Crippen molar-refractivity contribution < 1.29 is 23.1 Å². The lowest BCUT2D eigenvalue weighted by molar-refractivity contribution is -0.118. The van der Waals surface area contributed by atoms with Gasteiger partial charge in [0.05, 0.1) is 30.1 Å². The van der Waals surface area contributed by atoms with Crippen LogP contribution in [0, 0.1) is 6.92 Å². The topological polar surface area (TPSA) is 97.3 Å². The van der Waals surface area contributed by atoms with Gasteiger partial charge in [-0.05, 0) is 30.5 Å². The van der Waals surface area contributed by atoms with Crippen molar-refractivity contribution in [3.8, 4) is 5.75 Å². The van der Waals surface area contributed by atoms with Crippen molar-refractivity contribution in [2.75, 3.05) is 29.9 Å². The van der Waals surface area contributed by atoms with Gasteiger partial charge < -0.3 is 15.0 Å². The highest BCUT2D eigenvalue weighted by molar-refractivity contribution is 7.14. The first-order chi connectivity index (χ1) is 19.1. The molecule has 4 rings (SSSR count). The van der Waals surface area contributed by atoms with Gasteiger partial charge in [-0.3, -0.25) is 9.59 Å². The van der Waals surface area contributed by atoms with Gasteiger partial charge in [-0.2, -0.15) is 0 Å². The Morgan fingerprint density at radius 1 is 1.25 bits per heavy atom. The first-order valence-electron chi connectivity index (χ1n) is 13.2. The van der Waals surface area contributed by atoms with E-state index in [0.717, 1.165) is 12.0 Å². The first-order valence-corrected chi connectivity index (χ1v) is 14.4. The summed E-state index contributed by atoms with van der Waals surface area (Å²) in [5.74, 6) is 1.51. The summed E-state index contributed by atoms with van der Waals surface area (Å²) in [6, 6.07) is 7.73. The molecule has 12 heteroatoms. The number of rotatable bonds is 13. The molecule has 2 aromatic heterocycles. The van der Waals surface area contributed by atoms with Crippen LogP contribution in [0.25, 0.3) is 0 Å². The Morgan fingerprint density at radius 2 is 2.00 bits per heavy atom. The van der Waals surface area contributed by atoms with Crippen molar-refractivity contribution in [3.05, 3.63) is 56.8 Å². The maximum absolute atomic E-state index is 13.0. The SMILES string of the molecule is CCC(=O)Cc1nc(C)c(C(=O)C[C@@H](C)c2ccc(O[C@@H]3CCN(c4ncnc(NCC(F)F)c4Cl)C3)cc2)s1. The van der Waals surface area contributed by atoms with Gasteiger partial charge in [0.15, 0.2) is 17.4 Å². The van der Waals surface area contributed by atoms with E-state index in [1.54, 1.807) is 0 Å². The Morgan fingerprint density at radius 3 is 2.70 bits per heavy atom. The Bertz CT molecular complexity index is 1340. The zero-order chi connectivity index (χ0) is 28.8.